The van der Waals surface area contributed by atoms with Crippen LogP contribution in [0.15, 0.2) is 0 Å². The van der Waals surface area contributed by atoms with Crippen molar-refractivity contribution >= 4 is 12.1 Å². The van der Waals surface area contributed by atoms with Crippen molar-refractivity contribution in [1.82, 2.24) is 10.2 Å². The highest BCUT2D eigenvalue weighted by molar-refractivity contribution is 5.81. The third-order valence-electron chi connectivity index (χ3n) is 3.42. The van der Waals surface area contributed by atoms with E-state index >= 15 is 0 Å². The van der Waals surface area contributed by atoms with Crippen molar-refractivity contribution < 1.29 is 19.4 Å². The Morgan fingerprint density at radius 3 is 2.61 bits per heavy atom. The highest BCUT2D eigenvalue weighted by Gasteiger charge is 2.50. The quantitative estimate of drug-likeness (QED) is 0.721. The predicted octanol–water partition coefficient (Wildman–Crippen LogP) is 0.668. The van der Waals surface area contributed by atoms with E-state index in [1.807, 2.05) is 0 Å². The molecule has 2 aliphatic heterocycles. The number of carbonyl (C=O) groups excluding carboxylic acids is 1. The van der Waals surface area contributed by atoms with Gasteiger partial charge in [-0.25, -0.2) is 9.59 Å². The fourth-order valence-electron chi connectivity index (χ4n) is 2.75. The highest BCUT2D eigenvalue weighted by Crippen LogP contribution is 2.32. The van der Waals surface area contributed by atoms with Crippen LogP contribution in [0.4, 0.5) is 4.79 Å². The summed E-state index contributed by atoms with van der Waals surface area (Å²) in [5.74, 6) is -0.952. The Labute approximate surface area is 106 Å². The molecule has 2 rings (SSSR count). The molecule has 0 aromatic rings. The number of rotatable bonds is 1. The number of carboxylic acid groups (broad SMARTS) is 1. The molecule has 102 valence electrons. The first kappa shape index (κ1) is 13.1. The van der Waals surface area contributed by atoms with Gasteiger partial charge in [-0.15, -0.1) is 0 Å². The molecule has 0 bridgehead atoms. The molecule has 2 fully saturated rings. The molecule has 0 saturated carbocycles. The van der Waals surface area contributed by atoms with E-state index in [1.165, 1.54) is 4.90 Å². The van der Waals surface area contributed by atoms with Crippen molar-refractivity contribution in [3.8, 4) is 0 Å². The van der Waals surface area contributed by atoms with Gasteiger partial charge < -0.3 is 15.2 Å². The van der Waals surface area contributed by atoms with E-state index in [0.29, 0.717) is 6.54 Å². The second-order valence-corrected chi connectivity index (χ2v) is 5.93. The minimum Gasteiger partial charge on any atom is -0.480 e. The monoisotopic (exact) mass is 256 g/mol. The topological polar surface area (TPSA) is 78.9 Å². The number of hydrogen-bond donors (Lipinski definition) is 2. The lowest BCUT2D eigenvalue weighted by atomic mass is 9.97. The first-order valence-corrected chi connectivity index (χ1v) is 6.25. The first-order chi connectivity index (χ1) is 8.29. The van der Waals surface area contributed by atoms with Gasteiger partial charge in [0.25, 0.3) is 0 Å². The van der Waals surface area contributed by atoms with Crippen LogP contribution in [0.5, 0.6) is 0 Å². The smallest absolute Gasteiger partial charge is 0.411 e. The molecule has 6 heteroatoms. The lowest BCUT2D eigenvalue weighted by Gasteiger charge is -2.28. The SMILES string of the molecule is CC(C)(C)OC(=O)N1CC2NCCC2C1C(=O)O. The molecule has 3 unspecified atom stereocenters. The maximum absolute atomic E-state index is 12.0. The van der Waals surface area contributed by atoms with Crippen LogP contribution in [-0.2, 0) is 9.53 Å². The minimum atomic E-state index is -0.947. The van der Waals surface area contributed by atoms with Gasteiger partial charge in [0.1, 0.15) is 11.6 Å². The number of nitrogens with zero attached hydrogens (tertiary/aromatic N) is 1. The van der Waals surface area contributed by atoms with Crippen LogP contribution in [0.1, 0.15) is 27.2 Å². The normalized spacial score (nSPS) is 31.3. The molecule has 0 aliphatic carbocycles. The van der Waals surface area contributed by atoms with E-state index in [0.717, 1.165) is 13.0 Å². The summed E-state index contributed by atoms with van der Waals surface area (Å²) in [5, 5.41) is 12.5. The molecule has 1 amide bonds. The first-order valence-electron chi connectivity index (χ1n) is 6.25. The van der Waals surface area contributed by atoms with Crippen molar-refractivity contribution in [3.63, 3.8) is 0 Å². The third-order valence-corrected chi connectivity index (χ3v) is 3.42. The molecule has 0 aromatic heterocycles. The molecule has 0 spiro atoms. The van der Waals surface area contributed by atoms with Gasteiger partial charge in [-0.2, -0.15) is 0 Å². The zero-order valence-electron chi connectivity index (χ0n) is 11.0. The standard InChI is InChI=1S/C12H20N2O4/c1-12(2,3)18-11(17)14-6-8-7(4-5-13-8)9(14)10(15)16/h7-9,13H,4-6H2,1-3H3,(H,15,16). The van der Waals surface area contributed by atoms with Gasteiger partial charge in [0, 0.05) is 18.5 Å². The molecular weight excluding hydrogens is 236 g/mol. The summed E-state index contributed by atoms with van der Waals surface area (Å²) in [5.41, 5.74) is -0.606. The summed E-state index contributed by atoms with van der Waals surface area (Å²) in [6, 6.07) is -0.682. The number of aliphatic carboxylic acids is 1. The number of likely N-dealkylation sites (tertiary alicyclic amines) is 1. The largest absolute Gasteiger partial charge is 0.480 e. The van der Waals surface area contributed by atoms with Gasteiger partial charge in [-0.3, -0.25) is 4.90 Å². The lowest BCUT2D eigenvalue weighted by Crippen LogP contribution is -2.45. The van der Waals surface area contributed by atoms with E-state index in [9.17, 15) is 14.7 Å². The number of fused-ring (bicyclic) bond motifs is 1. The van der Waals surface area contributed by atoms with Gasteiger partial charge in [-0.05, 0) is 33.7 Å². The minimum absolute atomic E-state index is 0.00461. The van der Waals surface area contributed by atoms with Gasteiger partial charge in [0.05, 0.1) is 0 Å². The van der Waals surface area contributed by atoms with E-state index in [-0.39, 0.29) is 12.0 Å². The zero-order chi connectivity index (χ0) is 13.5. The predicted molar refractivity (Wildman–Crippen MR) is 64.3 cm³/mol. The van der Waals surface area contributed by atoms with E-state index in [2.05, 4.69) is 5.32 Å². The Morgan fingerprint density at radius 2 is 2.06 bits per heavy atom. The molecule has 3 atom stereocenters. The summed E-state index contributed by atoms with van der Waals surface area (Å²) in [6.07, 6.45) is 0.257. The molecule has 0 radical (unpaired) electrons. The van der Waals surface area contributed by atoms with Crippen LogP contribution in [0.3, 0.4) is 0 Å². The zero-order valence-corrected chi connectivity index (χ0v) is 11.0. The summed E-state index contributed by atoms with van der Waals surface area (Å²) < 4.78 is 5.26. The second kappa shape index (κ2) is 4.42. The van der Waals surface area contributed by atoms with E-state index in [4.69, 9.17) is 4.74 Å². The average molecular weight is 256 g/mol. The summed E-state index contributed by atoms with van der Waals surface area (Å²) in [6.45, 7) is 6.55. The Balaban J connectivity index is 2.12. The Kier molecular flexibility index (Phi) is 3.23. The lowest BCUT2D eigenvalue weighted by molar-refractivity contribution is -0.143. The second-order valence-electron chi connectivity index (χ2n) is 5.93. The maximum Gasteiger partial charge on any atom is 0.411 e. The molecule has 2 saturated heterocycles. The number of carboxylic acids is 1. The number of ether oxygens (including phenoxy) is 1. The van der Waals surface area contributed by atoms with Crippen molar-refractivity contribution in [1.29, 1.82) is 0 Å². The fourth-order valence-corrected chi connectivity index (χ4v) is 2.75. The van der Waals surface area contributed by atoms with Crippen LogP contribution in [-0.4, -0.2) is 52.8 Å². The average Bonchev–Trinajstić information content (AvgIpc) is 2.70. The molecule has 2 aliphatic rings. The Morgan fingerprint density at radius 1 is 1.39 bits per heavy atom. The molecule has 6 nitrogen and oxygen atoms in total. The number of amides is 1. The maximum atomic E-state index is 12.0. The third kappa shape index (κ3) is 2.43. The van der Waals surface area contributed by atoms with Crippen molar-refractivity contribution in [2.75, 3.05) is 13.1 Å². The van der Waals surface area contributed by atoms with Gasteiger partial charge >= 0.3 is 12.1 Å². The number of carbonyl (C=O) groups is 2. The molecule has 2 N–H and O–H groups in total. The van der Waals surface area contributed by atoms with Gasteiger partial charge in [-0.1, -0.05) is 0 Å². The van der Waals surface area contributed by atoms with Gasteiger partial charge in [0.15, 0.2) is 0 Å². The fraction of sp³-hybridized carbons (Fsp3) is 0.833. The number of nitrogens with one attached hydrogen (secondary N) is 1. The summed E-state index contributed by atoms with van der Waals surface area (Å²) >= 11 is 0. The van der Waals surface area contributed by atoms with Crippen molar-refractivity contribution in [3.05, 3.63) is 0 Å². The van der Waals surface area contributed by atoms with Crippen molar-refractivity contribution in [2.45, 2.75) is 44.9 Å². The van der Waals surface area contributed by atoms with Crippen LogP contribution in [0.2, 0.25) is 0 Å². The molecule has 18 heavy (non-hydrogen) atoms. The molecule has 2 heterocycles. The van der Waals surface area contributed by atoms with E-state index < -0.39 is 23.7 Å². The Bertz CT molecular complexity index is 364. The van der Waals surface area contributed by atoms with Crippen LogP contribution >= 0.6 is 0 Å². The summed E-state index contributed by atoms with van der Waals surface area (Å²) in [7, 11) is 0. The number of hydrogen-bond acceptors (Lipinski definition) is 4. The van der Waals surface area contributed by atoms with Crippen LogP contribution < -0.4 is 5.32 Å². The van der Waals surface area contributed by atoms with Crippen LogP contribution in [0.25, 0.3) is 0 Å². The molecular formula is C12H20N2O4. The summed E-state index contributed by atoms with van der Waals surface area (Å²) in [4.78, 5) is 24.7. The van der Waals surface area contributed by atoms with Crippen molar-refractivity contribution in [2.24, 2.45) is 5.92 Å². The van der Waals surface area contributed by atoms with E-state index in [1.54, 1.807) is 20.8 Å². The molecule has 0 aromatic carbocycles. The van der Waals surface area contributed by atoms with Gasteiger partial charge in [0.2, 0.25) is 0 Å². The van der Waals surface area contributed by atoms with Crippen LogP contribution in [0, 0.1) is 5.92 Å². The highest BCUT2D eigenvalue weighted by atomic mass is 16.6. The Hall–Kier alpha value is -1.30.